The lowest BCUT2D eigenvalue weighted by Gasteiger charge is -2.35. The molecule has 1 aromatic rings. The molecule has 0 radical (unpaired) electrons. The maximum absolute atomic E-state index is 12.5. The van der Waals surface area contributed by atoms with Gasteiger partial charge in [-0.2, -0.15) is 5.26 Å². The van der Waals surface area contributed by atoms with Crippen molar-refractivity contribution in [2.45, 2.75) is 64.6 Å². The minimum Gasteiger partial charge on any atom is -0.444 e. The Balaban J connectivity index is 1.88. The van der Waals surface area contributed by atoms with E-state index < -0.39 is 5.60 Å². The molecule has 0 saturated carbocycles. The third-order valence-electron chi connectivity index (χ3n) is 4.64. The quantitative estimate of drug-likeness (QED) is 0.768. The van der Waals surface area contributed by atoms with Gasteiger partial charge in [-0.25, -0.2) is 4.79 Å². The zero-order valence-corrected chi connectivity index (χ0v) is 14.8. The van der Waals surface area contributed by atoms with E-state index in [9.17, 15) is 10.1 Å². The van der Waals surface area contributed by atoms with Crippen molar-refractivity contribution < 1.29 is 9.53 Å². The van der Waals surface area contributed by atoms with Gasteiger partial charge in [0.05, 0.1) is 17.7 Å². The summed E-state index contributed by atoms with van der Waals surface area (Å²) in [5.74, 6) is 0. The second-order valence-electron chi connectivity index (χ2n) is 7.74. The first kappa shape index (κ1) is 16.6. The van der Waals surface area contributed by atoms with E-state index in [0.717, 1.165) is 30.4 Å². The summed E-state index contributed by atoms with van der Waals surface area (Å²) in [6.07, 6.45) is 4.65. The molecule has 4 heteroatoms. The fourth-order valence-electron chi connectivity index (χ4n) is 3.66. The molecule has 0 aromatic heterocycles. The van der Waals surface area contributed by atoms with Gasteiger partial charge in [0.2, 0.25) is 0 Å². The number of ether oxygens (including phenoxy) is 1. The fraction of sp³-hybridized carbons (Fsp3) is 0.500. The number of hydrogen-bond donors (Lipinski definition) is 0. The van der Waals surface area contributed by atoms with Crippen LogP contribution in [0.5, 0.6) is 0 Å². The number of hydrogen-bond acceptors (Lipinski definition) is 3. The number of carbonyl (C=O) groups is 1. The molecule has 24 heavy (non-hydrogen) atoms. The van der Waals surface area contributed by atoms with Crippen LogP contribution in [0.25, 0.3) is 5.57 Å². The highest BCUT2D eigenvalue weighted by Crippen LogP contribution is 2.40. The van der Waals surface area contributed by atoms with Crippen molar-refractivity contribution in [3.05, 3.63) is 41.0 Å². The molecule has 2 heterocycles. The fourth-order valence-corrected chi connectivity index (χ4v) is 3.66. The molecule has 2 aliphatic heterocycles. The number of nitrogens with zero attached hydrogens (tertiary/aromatic N) is 2. The smallest absolute Gasteiger partial charge is 0.411 e. The molecule has 4 nitrogen and oxygen atoms in total. The van der Waals surface area contributed by atoms with Crippen LogP contribution in [0.1, 0.15) is 56.7 Å². The standard InChI is InChI=1S/C20H24N2O2/c1-13-5-8-18(15(9-13)12-21)14-10-16-6-7-17(11-14)22(16)19(23)24-20(2,3)4/h5,8-10,16-17H,6-7,11H2,1-4H3. The Labute approximate surface area is 143 Å². The average molecular weight is 324 g/mol. The highest BCUT2D eigenvalue weighted by Gasteiger charge is 2.41. The third-order valence-corrected chi connectivity index (χ3v) is 4.64. The topological polar surface area (TPSA) is 53.3 Å². The predicted octanol–water partition coefficient (Wildman–Crippen LogP) is 4.42. The van der Waals surface area contributed by atoms with Gasteiger partial charge in [0, 0.05) is 6.04 Å². The molecule has 3 rings (SSSR count). The number of benzene rings is 1. The van der Waals surface area contributed by atoms with E-state index in [2.05, 4.69) is 12.1 Å². The minimum absolute atomic E-state index is 0.0708. The molecule has 2 atom stereocenters. The normalized spacial score (nSPS) is 22.8. The van der Waals surface area contributed by atoms with Crippen LogP contribution in [0.3, 0.4) is 0 Å². The summed E-state index contributed by atoms with van der Waals surface area (Å²) in [6.45, 7) is 7.67. The summed E-state index contributed by atoms with van der Waals surface area (Å²) in [5.41, 5.74) is 3.50. The SMILES string of the molecule is Cc1ccc(C2=CC3CCC(C2)N3C(=O)OC(C)(C)C)c(C#N)c1. The first-order valence-electron chi connectivity index (χ1n) is 8.51. The van der Waals surface area contributed by atoms with Crippen molar-refractivity contribution in [2.75, 3.05) is 0 Å². The second-order valence-corrected chi connectivity index (χ2v) is 7.74. The zero-order valence-electron chi connectivity index (χ0n) is 14.8. The van der Waals surface area contributed by atoms with Crippen LogP contribution in [0.15, 0.2) is 24.3 Å². The molecular formula is C20H24N2O2. The summed E-state index contributed by atoms with van der Waals surface area (Å²) in [5, 5.41) is 9.43. The Hall–Kier alpha value is -2.28. The van der Waals surface area contributed by atoms with Gasteiger partial charge in [0.1, 0.15) is 5.60 Å². The van der Waals surface area contributed by atoms with Gasteiger partial charge in [0.25, 0.3) is 0 Å². The molecule has 1 fully saturated rings. The van der Waals surface area contributed by atoms with Crippen molar-refractivity contribution >= 4 is 11.7 Å². The van der Waals surface area contributed by atoms with Crippen molar-refractivity contribution in [3.63, 3.8) is 0 Å². The van der Waals surface area contributed by atoms with Crippen LogP contribution in [0.2, 0.25) is 0 Å². The number of nitriles is 1. The van der Waals surface area contributed by atoms with Crippen LogP contribution in [0, 0.1) is 18.3 Å². The monoisotopic (exact) mass is 324 g/mol. The Bertz CT molecular complexity index is 737. The lowest BCUT2D eigenvalue weighted by atomic mass is 9.91. The zero-order chi connectivity index (χ0) is 17.5. The van der Waals surface area contributed by atoms with Gasteiger partial charge in [-0.1, -0.05) is 18.2 Å². The van der Waals surface area contributed by atoms with Gasteiger partial charge < -0.3 is 4.74 Å². The summed E-state index contributed by atoms with van der Waals surface area (Å²) in [6, 6.07) is 8.54. The van der Waals surface area contributed by atoms with Crippen LogP contribution < -0.4 is 0 Å². The molecular weight excluding hydrogens is 300 g/mol. The molecule has 2 aliphatic rings. The van der Waals surface area contributed by atoms with Crippen LogP contribution in [-0.4, -0.2) is 28.7 Å². The number of fused-ring (bicyclic) bond motifs is 2. The molecule has 1 amide bonds. The van der Waals surface area contributed by atoms with Gasteiger partial charge in [-0.3, -0.25) is 4.90 Å². The van der Waals surface area contributed by atoms with E-state index in [-0.39, 0.29) is 18.2 Å². The van der Waals surface area contributed by atoms with E-state index in [1.54, 1.807) is 0 Å². The summed E-state index contributed by atoms with van der Waals surface area (Å²) in [7, 11) is 0. The first-order valence-corrected chi connectivity index (χ1v) is 8.51. The number of rotatable bonds is 1. The van der Waals surface area contributed by atoms with E-state index >= 15 is 0 Å². The summed E-state index contributed by atoms with van der Waals surface area (Å²) < 4.78 is 5.56. The van der Waals surface area contributed by atoms with Crippen LogP contribution in [0.4, 0.5) is 4.79 Å². The lowest BCUT2D eigenvalue weighted by molar-refractivity contribution is 0.0175. The van der Waals surface area contributed by atoms with Gasteiger partial charge >= 0.3 is 6.09 Å². The Morgan fingerprint density at radius 1 is 1.33 bits per heavy atom. The number of aryl methyl sites for hydroxylation is 1. The van der Waals surface area contributed by atoms with E-state index in [0.29, 0.717) is 5.56 Å². The Morgan fingerprint density at radius 3 is 2.71 bits per heavy atom. The van der Waals surface area contributed by atoms with Gasteiger partial charge in [-0.15, -0.1) is 0 Å². The molecule has 2 unspecified atom stereocenters. The number of carbonyl (C=O) groups excluding carboxylic acids is 1. The molecule has 126 valence electrons. The van der Waals surface area contributed by atoms with E-state index in [4.69, 9.17) is 4.74 Å². The van der Waals surface area contributed by atoms with Crippen molar-refractivity contribution in [3.8, 4) is 6.07 Å². The maximum atomic E-state index is 12.5. The molecule has 0 spiro atoms. The predicted molar refractivity (Wildman–Crippen MR) is 93.4 cm³/mol. The Morgan fingerprint density at radius 2 is 2.08 bits per heavy atom. The molecule has 1 aromatic carbocycles. The largest absolute Gasteiger partial charge is 0.444 e. The van der Waals surface area contributed by atoms with E-state index in [1.165, 1.54) is 5.57 Å². The lowest BCUT2D eigenvalue weighted by Crippen LogP contribution is -2.45. The summed E-state index contributed by atoms with van der Waals surface area (Å²) >= 11 is 0. The van der Waals surface area contributed by atoms with Gasteiger partial charge in [0.15, 0.2) is 0 Å². The second kappa shape index (κ2) is 5.98. The van der Waals surface area contributed by atoms with Crippen molar-refractivity contribution in [1.29, 1.82) is 5.26 Å². The highest BCUT2D eigenvalue weighted by atomic mass is 16.6. The highest BCUT2D eigenvalue weighted by molar-refractivity contribution is 5.77. The average Bonchev–Trinajstić information content (AvgIpc) is 2.76. The Kier molecular flexibility index (Phi) is 4.13. The molecule has 0 aliphatic carbocycles. The van der Waals surface area contributed by atoms with Crippen molar-refractivity contribution in [1.82, 2.24) is 4.90 Å². The minimum atomic E-state index is -0.481. The third kappa shape index (κ3) is 3.17. The van der Waals surface area contributed by atoms with Crippen LogP contribution >= 0.6 is 0 Å². The van der Waals surface area contributed by atoms with Crippen LogP contribution in [-0.2, 0) is 4.74 Å². The number of amides is 1. The molecule has 2 bridgehead atoms. The van der Waals surface area contributed by atoms with Gasteiger partial charge in [-0.05, 0) is 69.7 Å². The van der Waals surface area contributed by atoms with E-state index in [1.807, 2.05) is 50.8 Å². The molecule has 1 saturated heterocycles. The summed E-state index contributed by atoms with van der Waals surface area (Å²) in [4.78, 5) is 14.4. The maximum Gasteiger partial charge on any atom is 0.411 e. The first-order chi connectivity index (χ1) is 11.3. The van der Waals surface area contributed by atoms with Crippen molar-refractivity contribution in [2.24, 2.45) is 0 Å². The molecule has 0 N–H and O–H groups in total.